The van der Waals surface area contributed by atoms with Gasteiger partial charge in [0.1, 0.15) is 23.2 Å². The smallest absolute Gasteiger partial charge is 0.261 e. The minimum atomic E-state index is -0.612. The first-order valence-electron chi connectivity index (χ1n) is 12.0. The molecular weight excluding hydrogens is 502 g/mol. The lowest BCUT2D eigenvalue weighted by Crippen LogP contribution is -2.32. The van der Waals surface area contributed by atoms with Crippen molar-refractivity contribution < 1.29 is 14.3 Å². The van der Waals surface area contributed by atoms with Gasteiger partial charge in [-0.1, -0.05) is 53.6 Å². The Bertz CT molecular complexity index is 1540. The fourth-order valence-electron chi connectivity index (χ4n) is 4.44. The predicted molar refractivity (Wildman–Crippen MR) is 149 cm³/mol. The lowest BCUT2D eigenvalue weighted by atomic mass is 9.94. The van der Waals surface area contributed by atoms with Gasteiger partial charge < -0.3 is 20.7 Å². The molecule has 0 saturated heterocycles. The Morgan fingerprint density at radius 2 is 1.66 bits per heavy atom. The van der Waals surface area contributed by atoms with Crippen LogP contribution in [0.5, 0.6) is 5.75 Å². The molecule has 4 aromatic rings. The van der Waals surface area contributed by atoms with E-state index in [4.69, 9.17) is 16.3 Å². The van der Waals surface area contributed by atoms with Crippen molar-refractivity contribution in [3.63, 3.8) is 0 Å². The first-order chi connectivity index (χ1) is 18.4. The molecule has 192 valence electrons. The lowest BCUT2D eigenvalue weighted by Gasteiger charge is -2.30. The average molecular weight is 528 g/mol. The van der Waals surface area contributed by atoms with Crippen LogP contribution in [0.1, 0.15) is 34.5 Å². The molecule has 1 atom stereocenters. The minimum absolute atomic E-state index is 0.313. The van der Waals surface area contributed by atoms with Crippen LogP contribution >= 0.6 is 11.6 Å². The van der Waals surface area contributed by atoms with Crippen LogP contribution in [0.4, 0.5) is 17.2 Å². The fourth-order valence-corrected chi connectivity index (χ4v) is 4.57. The Morgan fingerprint density at radius 3 is 2.37 bits per heavy atom. The number of carbonyl (C=O) groups is 2. The number of ether oxygens (including phenoxy) is 1. The quantitative estimate of drug-likeness (QED) is 0.284. The second kappa shape index (κ2) is 10.4. The van der Waals surface area contributed by atoms with Crippen molar-refractivity contribution in [3.05, 3.63) is 112 Å². The second-order valence-corrected chi connectivity index (χ2v) is 9.38. The molecule has 1 aliphatic heterocycles. The number of para-hydroxylation sites is 2. The predicted octanol–water partition coefficient (Wildman–Crippen LogP) is 6.03. The van der Waals surface area contributed by atoms with Gasteiger partial charge in [-0.3, -0.25) is 9.59 Å². The highest BCUT2D eigenvalue weighted by Crippen LogP contribution is 2.38. The molecule has 1 aliphatic rings. The molecule has 0 unspecified atom stereocenters. The lowest BCUT2D eigenvalue weighted by molar-refractivity contribution is -0.113. The van der Waals surface area contributed by atoms with E-state index in [0.717, 1.165) is 11.1 Å². The number of methoxy groups -OCH3 is 1. The van der Waals surface area contributed by atoms with Crippen molar-refractivity contribution in [1.82, 2.24) is 9.78 Å². The summed E-state index contributed by atoms with van der Waals surface area (Å²) in [6, 6.07) is 21.3. The van der Waals surface area contributed by atoms with E-state index in [0.29, 0.717) is 44.8 Å². The first-order valence-corrected chi connectivity index (χ1v) is 12.4. The van der Waals surface area contributed by atoms with Crippen LogP contribution in [-0.4, -0.2) is 28.7 Å². The van der Waals surface area contributed by atoms with Crippen molar-refractivity contribution in [3.8, 4) is 5.75 Å². The standard InChI is InChI=1S/C29H26ClN5O3/c1-17-8-14-21(15-9-17)33-28(36)22-16-31-35-26(19-10-12-20(30)13-11-19)25(18(2)32-27(22)35)29(37)34-23-6-4-5-7-24(23)38-3/h4-16,26,32H,1-3H3,(H,33,36)(H,34,37)/t26-/m1/s1. The molecule has 5 rings (SSSR count). The molecule has 38 heavy (non-hydrogen) atoms. The SMILES string of the molecule is COc1ccccc1NC(=O)C1=C(C)Nc2c(C(=O)Nc3ccc(C)cc3)cnn2[C@@H]1c1ccc(Cl)cc1. The molecule has 3 aromatic carbocycles. The number of carbonyl (C=O) groups excluding carboxylic acids is 2. The maximum Gasteiger partial charge on any atom is 0.261 e. The number of allylic oxidation sites excluding steroid dienone is 1. The Morgan fingerprint density at radius 1 is 0.947 bits per heavy atom. The summed E-state index contributed by atoms with van der Waals surface area (Å²) in [5.74, 6) is 0.389. The maximum absolute atomic E-state index is 13.7. The van der Waals surface area contributed by atoms with Crippen LogP contribution in [0.25, 0.3) is 0 Å². The molecule has 0 saturated carbocycles. The molecule has 0 radical (unpaired) electrons. The Labute approximate surface area is 225 Å². The van der Waals surface area contributed by atoms with Gasteiger partial charge in [0.25, 0.3) is 11.8 Å². The van der Waals surface area contributed by atoms with E-state index in [-0.39, 0.29) is 11.8 Å². The van der Waals surface area contributed by atoms with Crippen LogP contribution < -0.4 is 20.7 Å². The van der Waals surface area contributed by atoms with Gasteiger partial charge in [0.15, 0.2) is 0 Å². The highest BCUT2D eigenvalue weighted by molar-refractivity contribution is 6.30. The van der Waals surface area contributed by atoms with E-state index in [1.54, 1.807) is 43.0 Å². The van der Waals surface area contributed by atoms with Crippen LogP contribution in [0, 0.1) is 6.92 Å². The van der Waals surface area contributed by atoms with E-state index >= 15 is 0 Å². The zero-order chi connectivity index (χ0) is 26.8. The zero-order valence-electron chi connectivity index (χ0n) is 21.1. The Balaban J connectivity index is 1.54. The van der Waals surface area contributed by atoms with Crippen molar-refractivity contribution in [1.29, 1.82) is 0 Å². The first kappa shape index (κ1) is 25.1. The third-order valence-electron chi connectivity index (χ3n) is 6.36. The molecule has 2 heterocycles. The number of hydrogen-bond donors (Lipinski definition) is 3. The molecule has 0 bridgehead atoms. The molecule has 3 N–H and O–H groups in total. The highest BCUT2D eigenvalue weighted by atomic mass is 35.5. The van der Waals surface area contributed by atoms with Gasteiger partial charge in [-0.15, -0.1) is 0 Å². The number of hydrogen-bond acceptors (Lipinski definition) is 5. The number of aryl methyl sites for hydroxylation is 1. The molecule has 2 amide bonds. The largest absolute Gasteiger partial charge is 0.495 e. The number of fused-ring (bicyclic) bond motifs is 1. The average Bonchev–Trinajstić information content (AvgIpc) is 3.33. The Hall–Kier alpha value is -4.56. The van der Waals surface area contributed by atoms with Crippen LogP contribution in [0.15, 0.2) is 90.3 Å². The fraction of sp³-hybridized carbons (Fsp3) is 0.138. The second-order valence-electron chi connectivity index (χ2n) is 8.94. The van der Waals surface area contributed by atoms with Crippen molar-refractivity contribution in [2.75, 3.05) is 23.1 Å². The molecular formula is C29H26ClN5O3. The summed E-state index contributed by atoms with van der Waals surface area (Å²) in [6.45, 7) is 3.79. The number of amides is 2. The van der Waals surface area contributed by atoms with Crippen LogP contribution in [-0.2, 0) is 4.79 Å². The van der Waals surface area contributed by atoms with Crippen molar-refractivity contribution >= 4 is 40.6 Å². The summed E-state index contributed by atoms with van der Waals surface area (Å²) in [6.07, 6.45) is 1.50. The molecule has 8 nitrogen and oxygen atoms in total. The van der Waals surface area contributed by atoms with Crippen LogP contribution in [0.2, 0.25) is 5.02 Å². The summed E-state index contributed by atoms with van der Waals surface area (Å²) in [7, 11) is 1.55. The number of benzene rings is 3. The van der Waals surface area contributed by atoms with Gasteiger partial charge in [-0.25, -0.2) is 4.68 Å². The number of nitrogens with zero attached hydrogens (tertiary/aromatic N) is 2. The monoisotopic (exact) mass is 527 g/mol. The van der Waals surface area contributed by atoms with Gasteiger partial charge in [-0.05, 0) is 55.8 Å². The van der Waals surface area contributed by atoms with Crippen LogP contribution in [0.3, 0.4) is 0 Å². The molecule has 0 aliphatic carbocycles. The van der Waals surface area contributed by atoms with E-state index in [2.05, 4.69) is 21.0 Å². The summed E-state index contributed by atoms with van der Waals surface area (Å²) in [5.41, 5.74) is 4.49. The number of nitrogens with one attached hydrogen (secondary N) is 3. The minimum Gasteiger partial charge on any atom is -0.495 e. The van der Waals surface area contributed by atoms with Gasteiger partial charge in [0.05, 0.1) is 24.6 Å². The van der Waals surface area contributed by atoms with E-state index in [1.165, 1.54) is 6.20 Å². The number of anilines is 3. The van der Waals surface area contributed by atoms with E-state index < -0.39 is 6.04 Å². The summed E-state index contributed by atoms with van der Waals surface area (Å²) in [4.78, 5) is 26.9. The van der Waals surface area contributed by atoms with Crippen molar-refractivity contribution in [2.24, 2.45) is 0 Å². The van der Waals surface area contributed by atoms with Gasteiger partial charge in [0.2, 0.25) is 0 Å². The summed E-state index contributed by atoms with van der Waals surface area (Å²) in [5, 5.41) is 14.2. The summed E-state index contributed by atoms with van der Waals surface area (Å²) < 4.78 is 7.05. The van der Waals surface area contributed by atoms with E-state index in [9.17, 15) is 9.59 Å². The van der Waals surface area contributed by atoms with Gasteiger partial charge in [0, 0.05) is 16.4 Å². The number of aromatic nitrogens is 2. The number of rotatable bonds is 6. The zero-order valence-corrected chi connectivity index (χ0v) is 21.8. The topological polar surface area (TPSA) is 97.3 Å². The van der Waals surface area contributed by atoms with Crippen molar-refractivity contribution in [2.45, 2.75) is 19.9 Å². The molecule has 9 heteroatoms. The maximum atomic E-state index is 13.7. The van der Waals surface area contributed by atoms with E-state index in [1.807, 2.05) is 55.5 Å². The molecule has 0 fully saturated rings. The summed E-state index contributed by atoms with van der Waals surface area (Å²) >= 11 is 6.16. The normalized spacial score (nSPS) is 14.4. The Kier molecular flexibility index (Phi) is 6.89. The molecule has 0 spiro atoms. The molecule has 1 aromatic heterocycles. The number of halogens is 1. The van der Waals surface area contributed by atoms with Gasteiger partial charge in [-0.2, -0.15) is 5.10 Å². The third-order valence-corrected chi connectivity index (χ3v) is 6.61. The van der Waals surface area contributed by atoms with Gasteiger partial charge >= 0.3 is 0 Å². The highest BCUT2D eigenvalue weighted by Gasteiger charge is 2.35. The third kappa shape index (κ3) is 4.86.